The molecule has 422 valence electrons. The van der Waals surface area contributed by atoms with Gasteiger partial charge in [-0.3, -0.25) is 0 Å². The number of carbonyl (C=O) groups is 1. The maximum Gasteiger partial charge on any atom is 0.146 e. The third kappa shape index (κ3) is 31.7. The zero-order chi connectivity index (χ0) is 56.1. The van der Waals surface area contributed by atoms with E-state index in [1.54, 1.807) is 7.11 Å². The predicted molar refractivity (Wildman–Crippen MR) is 324 cm³/mol. The molecule has 1 heterocycles. The quantitative estimate of drug-likeness (QED) is 0.0344. The molecule has 6 rings (SSSR count). The number of ether oxygens (including phenoxy) is 3. The summed E-state index contributed by atoms with van der Waals surface area (Å²) in [6.07, 6.45) is 16.4. The molecule has 0 spiro atoms. The van der Waals surface area contributed by atoms with Crippen molar-refractivity contribution < 1.29 is 29.2 Å². The Morgan fingerprint density at radius 3 is 1.36 bits per heavy atom. The number of hydrogen-bond donors (Lipinski definition) is 2. The first kappa shape index (κ1) is 67.7. The number of fused-ring (bicyclic) bond motifs is 1. The third-order valence-electron chi connectivity index (χ3n) is 13.1. The van der Waals surface area contributed by atoms with Crippen LogP contribution in [0.2, 0.25) is 0 Å². The lowest BCUT2D eigenvalue weighted by atomic mass is 9.97. The highest BCUT2D eigenvalue weighted by molar-refractivity contribution is 5.50. The molecule has 0 aromatic heterocycles. The zero-order valence-electron chi connectivity index (χ0n) is 50.2. The molecule has 0 fully saturated rings. The lowest BCUT2D eigenvalue weighted by Crippen LogP contribution is -2.00. The van der Waals surface area contributed by atoms with Crippen LogP contribution >= 0.6 is 0 Å². The fraction of sp³-hybridized carbons (Fsp3) is 0.557. The van der Waals surface area contributed by atoms with Crippen molar-refractivity contribution in [3.05, 3.63) is 175 Å². The second-order valence-electron chi connectivity index (χ2n) is 23.2. The molecule has 0 bridgehead atoms. The van der Waals surface area contributed by atoms with E-state index in [2.05, 4.69) is 186 Å². The van der Waals surface area contributed by atoms with Gasteiger partial charge in [-0.15, -0.1) is 0 Å². The van der Waals surface area contributed by atoms with Crippen LogP contribution < -0.4 is 0 Å². The number of aldehydes is 1. The summed E-state index contributed by atoms with van der Waals surface area (Å²) in [7, 11) is 1.65. The van der Waals surface area contributed by atoms with Crippen molar-refractivity contribution in [1.29, 1.82) is 0 Å². The van der Waals surface area contributed by atoms with E-state index in [1.165, 1.54) is 85.2 Å². The molecule has 76 heavy (non-hydrogen) atoms. The van der Waals surface area contributed by atoms with Crippen LogP contribution in [0.4, 0.5) is 0 Å². The first-order valence-electron chi connectivity index (χ1n) is 29.2. The van der Waals surface area contributed by atoms with Crippen LogP contribution in [0.1, 0.15) is 174 Å². The molecular weight excluding hydrogens is 937 g/mol. The van der Waals surface area contributed by atoms with Crippen molar-refractivity contribution >= 4 is 6.29 Å². The van der Waals surface area contributed by atoms with Crippen LogP contribution in [-0.2, 0) is 89.8 Å². The lowest BCUT2D eigenvalue weighted by molar-refractivity contribution is -0.107. The van der Waals surface area contributed by atoms with E-state index in [-0.39, 0.29) is 13.2 Å². The third-order valence-corrected chi connectivity index (χ3v) is 13.1. The summed E-state index contributed by atoms with van der Waals surface area (Å²) in [5.74, 6) is 3.59. The molecule has 0 aliphatic carbocycles. The molecule has 0 radical (unpaired) electrons. The van der Waals surface area contributed by atoms with Crippen LogP contribution in [0.15, 0.2) is 103 Å². The summed E-state index contributed by atoms with van der Waals surface area (Å²) in [4.78, 5) is 10.3. The van der Waals surface area contributed by atoms with Crippen molar-refractivity contribution in [3.63, 3.8) is 0 Å². The Morgan fingerprint density at radius 2 is 0.908 bits per heavy atom. The van der Waals surface area contributed by atoms with Gasteiger partial charge in [0.2, 0.25) is 0 Å². The van der Waals surface area contributed by atoms with Gasteiger partial charge in [0.1, 0.15) is 13.1 Å². The van der Waals surface area contributed by atoms with Crippen molar-refractivity contribution in [1.82, 2.24) is 0 Å². The predicted octanol–water partition coefficient (Wildman–Crippen LogP) is 16.0. The summed E-state index contributed by atoms with van der Waals surface area (Å²) in [5, 5.41) is 17.5. The van der Waals surface area contributed by atoms with Crippen molar-refractivity contribution in [2.75, 3.05) is 40.3 Å². The van der Waals surface area contributed by atoms with Gasteiger partial charge in [0.25, 0.3) is 0 Å². The Bertz CT molecular complexity index is 2240. The van der Waals surface area contributed by atoms with Crippen molar-refractivity contribution in [2.24, 2.45) is 29.6 Å². The SMILES string of the molecule is CC(C)Cc1ccc(CCCO)cc1.CC(C)Cc1ccc2c(c1)COCCC2.COCOCCCc1ccc(CC(C)C)cc1.Cc1cc(CC(C)C)ccc1CCC=O.Cc1cc(CC(C)C)ccc1CCCO. The number of carbonyl (C=O) groups excluding carboxylic acids is 1. The molecule has 1 aliphatic rings. The number of aliphatic hydroxyl groups excluding tert-OH is 2. The minimum Gasteiger partial charge on any atom is -0.396 e. The molecular formula is C70H106O6. The summed E-state index contributed by atoms with van der Waals surface area (Å²) in [6, 6.07) is 37.9. The maximum absolute atomic E-state index is 10.3. The van der Waals surface area contributed by atoms with Crippen molar-refractivity contribution in [2.45, 2.75) is 186 Å². The molecule has 0 saturated heterocycles. The number of rotatable bonds is 25. The molecule has 0 saturated carbocycles. The minimum atomic E-state index is 0.285. The number of aryl methyl sites for hydroxylation is 7. The fourth-order valence-electron chi connectivity index (χ4n) is 9.39. The Hall–Kier alpha value is -4.43. The Balaban J connectivity index is 0.000000325. The van der Waals surface area contributed by atoms with E-state index in [1.807, 2.05) is 0 Å². The molecule has 5 aromatic rings. The average molecular weight is 1040 g/mol. The lowest BCUT2D eigenvalue weighted by Gasteiger charge is -2.10. The summed E-state index contributed by atoms with van der Waals surface area (Å²) < 4.78 is 15.7. The number of methoxy groups -OCH3 is 1. The topological polar surface area (TPSA) is 85.2 Å². The van der Waals surface area contributed by atoms with Crippen LogP contribution in [0, 0.1) is 43.4 Å². The monoisotopic (exact) mass is 1040 g/mol. The first-order chi connectivity index (χ1) is 36.5. The molecule has 5 aromatic carbocycles. The Labute approximate surface area is 464 Å². The van der Waals surface area contributed by atoms with Gasteiger partial charge in [0.05, 0.1) is 6.61 Å². The van der Waals surface area contributed by atoms with Crippen molar-refractivity contribution in [3.8, 4) is 0 Å². The van der Waals surface area contributed by atoms with Gasteiger partial charge in [-0.2, -0.15) is 0 Å². The molecule has 0 unspecified atom stereocenters. The summed E-state index contributed by atoms with van der Waals surface area (Å²) >= 11 is 0. The average Bonchev–Trinajstić information content (AvgIpc) is 3.61. The van der Waals surface area contributed by atoms with E-state index >= 15 is 0 Å². The van der Waals surface area contributed by atoms with Gasteiger partial charge < -0.3 is 29.2 Å². The largest absolute Gasteiger partial charge is 0.396 e. The zero-order valence-corrected chi connectivity index (χ0v) is 50.2. The normalized spacial score (nSPS) is 11.9. The van der Waals surface area contributed by atoms with Crippen LogP contribution in [0.25, 0.3) is 0 Å². The molecule has 2 N–H and O–H groups in total. The highest BCUT2D eigenvalue weighted by Crippen LogP contribution is 2.21. The van der Waals surface area contributed by atoms with Crippen LogP contribution in [-0.4, -0.2) is 56.8 Å². The van der Waals surface area contributed by atoms with Gasteiger partial charge in [-0.25, -0.2) is 0 Å². The molecule has 0 amide bonds. The smallest absolute Gasteiger partial charge is 0.146 e. The molecule has 1 aliphatic heterocycles. The van der Waals surface area contributed by atoms with Crippen LogP contribution in [0.3, 0.4) is 0 Å². The maximum atomic E-state index is 10.3. The van der Waals surface area contributed by atoms with E-state index in [0.717, 1.165) is 121 Å². The summed E-state index contributed by atoms with van der Waals surface area (Å²) in [5.41, 5.74) is 18.1. The van der Waals surface area contributed by atoms with E-state index in [4.69, 9.17) is 24.4 Å². The van der Waals surface area contributed by atoms with Crippen LogP contribution in [0.5, 0.6) is 0 Å². The van der Waals surface area contributed by atoms with E-state index in [0.29, 0.717) is 25.0 Å². The highest BCUT2D eigenvalue weighted by Gasteiger charge is 2.10. The number of hydrogen-bond acceptors (Lipinski definition) is 6. The second-order valence-corrected chi connectivity index (χ2v) is 23.2. The fourth-order valence-corrected chi connectivity index (χ4v) is 9.39. The van der Waals surface area contributed by atoms with Gasteiger partial charge in [-0.1, -0.05) is 172 Å². The molecule has 6 heteroatoms. The molecule has 0 atom stereocenters. The number of aliphatic hydroxyl groups is 2. The highest BCUT2D eigenvalue weighted by atomic mass is 16.7. The second kappa shape index (κ2) is 40.7. The van der Waals surface area contributed by atoms with Gasteiger partial charge in [0.15, 0.2) is 0 Å². The van der Waals surface area contributed by atoms with Gasteiger partial charge in [-0.05, 0) is 206 Å². The number of benzene rings is 5. The minimum absolute atomic E-state index is 0.285. The van der Waals surface area contributed by atoms with Gasteiger partial charge in [0, 0.05) is 40.0 Å². The standard InChI is InChI=1S/C15H24O2.C14H20O.C14H22O.C14H20O.C13H20O/c1-13(2)11-15-8-6-14(7-9-15)5-4-10-17-12-16-3;1-11(2)8-12-5-6-13-4-3-7-15-10-14(13)9-12;2*1-11(2)9-13-6-7-14(5-4-8-15)12(3)10-13;1-11(2)10-13-7-5-12(6-8-13)4-3-9-14/h6-9,13H,4-5,10-12H2,1-3H3;5-6,9,11H,3-4,7-8,10H2,1-2H3;6-7,10-11,15H,4-5,8-9H2,1-3H3;6-8,10-11H,4-5,9H2,1-3H3;5-8,11,14H,3-4,9-10H2,1-2H3. The Kier molecular flexibility index (Phi) is 36.3. The van der Waals surface area contributed by atoms with E-state index in [9.17, 15) is 4.79 Å². The molecule has 6 nitrogen and oxygen atoms in total. The first-order valence-corrected chi connectivity index (χ1v) is 29.2. The Morgan fingerprint density at radius 1 is 0.500 bits per heavy atom. The van der Waals surface area contributed by atoms with E-state index < -0.39 is 0 Å². The summed E-state index contributed by atoms with van der Waals surface area (Å²) in [6.45, 7) is 30.2. The van der Waals surface area contributed by atoms with Gasteiger partial charge >= 0.3 is 0 Å².